The fraction of sp³-hybridized carbons (Fsp3) is 0.304. The molecular formula is C23H26N2O4. The second-order valence-corrected chi connectivity index (χ2v) is 7.29. The molecule has 1 amide bonds. The fourth-order valence-electron chi connectivity index (χ4n) is 3.55. The summed E-state index contributed by atoms with van der Waals surface area (Å²) in [6.45, 7) is 1.23. The molecule has 0 aromatic heterocycles. The van der Waals surface area contributed by atoms with Crippen LogP contribution in [-0.2, 0) is 9.59 Å². The number of carbonyl (C=O) groups excluding carboxylic acids is 2. The zero-order valence-corrected chi connectivity index (χ0v) is 17.0. The second-order valence-electron chi connectivity index (χ2n) is 7.29. The number of nitrogens with zero attached hydrogens (tertiary/aromatic N) is 2. The van der Waals surface area contributed by atoms with E-state index in [9.17, 15) is 14.7 Å². The van der Waals surface area contributed by atoms with Crippen molar-refractivity contribution in [2.24, 2.45) is 0 Å². The number of methoxy groups -OCH3 is 1. The molecule has 29 heavy (non-hydrogen) atoms. The number of Topliss-reactive ketones (excluding diaryl/α,β-unsaturated/α-hetero) is 1. The first-order valence-electron chi connectivity index (χ1n) is 9.56. The lowest BCUT2D eigenvalue weighted by molar-refractivity contribution is -0.139. The molecule has 0 unspecified atom stereocenters. The monoisotopic (exact) mass is 394 g/mol. The van der Waals surface area contributed by atoms with E-state index in [-0.39, 0.29) is 11.3 Å². The topological polar surface area (TPSA) is 70.1 Å². The highest BCUT2D eigenvalue weighted by atomic mass is 16.5. The van der Waals surface area contributed by atoms with Crippen LogP contribution in [-0.4, -0.2) is 60.9 Å². The van der Waals surface area contributed by atoms with Crippen molar-refractivity contribution in [2.45, 2.75) is 12.5 Å². The molecule has 6 heteroatoms. The first kappa shape index (κ1) is 20.6. The standard InChI is InChI=1S/C23H26N2O4/c1-24(2)14-7-15-25-20(16-8-5-4-6-9-16)19(22(27)23(25)28)21(26)17-10-12-18(29-3)13-11-17/h4-6,8-13,20,26H,7,14-15H2,1-3H3/t20-/m0/s1. The molecular weight excluding hydrogens is 368 g/mol. The Balaban J connectivity index is 2.05. The minimum Gasteiger partial charge on any atom is -0.507 e. The largest absolute Gasteiger partial charge is 0.507 e. The highest BCUT2D eigenvalue weighted by Crippen LogP contribution is 2.39. The Hall–Kier alpha value is -3.12. The highest BCUT2D eigenvalue weighted by molar-refractivity contribution is 6.46. The Morgan fingerprint density at radius 3 is 2.31 bits per heavy atom. The van der Waals surface area contributed by atoms with Gasteiger partial charge in [-0.25, -0.2) is 0 Å². The maximum Gasteiger partial charge on any atom is 0.295 e. The maximum atomic E-state index is 12.9. The number of amides is 1. The number of aliphatic hydroxyl groups is 1. The van der Waals surface area contributed by atoms with Crippen LogP contribution < -0.4 is 4.74 Å². The number of likely N-dealkylation sites (tertiary alicyclic amines) is 1. The van der Waals surface area contributed by atoms with Gasteiger partial charge in [-0.05, 0) is 56.9 Å². The Morgan fingerprint density at radius 1 is 1.07 bits per heavy atom. The van der Waals surface area contributed by atoms with Gasteiger partial charge in [0.2, 0.25) is 0 Å². The smallest absolute Gasteiger partial charge is 0.295 e. The highest BCUT2D eigenvalue weighted by Gasteiger charge is 2.45. The Morgan fingerprint density at radius 2 is 1.72 bits per heavy atom. The van der Waals surface area contributed by atoms with Crippen molar-refractivity contribution < 1.29 is 19.4 Å². The molecule has 0 radical (unpaired) electrons. The van der Waals surface area contributed by atoms with Crippen LogP contribution in [0, 0.1) is 0 Å². The van der Waals surface area contributed by atoms with Crippen molar-refractivity contribution >= 4 is 17.4 Å². The molecule has 0 aliphatic carbocycles. The minimum absolute atomic E-state index is 0.121. The predicted octanol–water partition coefficient (Wildman–Crippen LogP) is 3.07. The van der Waals surface area contributed by atoms with Crippen molar-refractivity contribution in [1.82, 2.24) is 9.80 Å². The van der Waals surface area contributed by atoms with E-state index in [0.29, 0.717) is 17.9 Å². The van der Waals surface area contributed by atoms with Crippen LogP contribution in [0.3, 0.4) is 0 Å². The maximum absolute atomic E-state index is 12.9. The van der Waals surface area contributed by atoms with Gasteiger partial charge in [-0.3, -0.25) is 9.59 Å². The first-order chi connectivity index (χ1) is 13.9. The number of ketones is 1. The van der Waals surface area contributed by atoms with E-state index in [0.717, 1.165) is 18.5 Å². The summed E-state index contributed by atoms with van der Waals surface area (Å²) in [6, 6.07) is 15.5. The van der Waals surface area contributed by atoms with E-state index in [1.807, 2.05) is 49.3 Å². The molecule has 2 aromatic rings. The molecule has 1 aliphatic rings. The zero-order valence-electron chi connectivity index (χ0n) is 17.0. The molecule has 0 spiro atoms. The lowest BCUT2D eigenvalue weighted by Crippen LogP contribution is -2.32. The average Bonchev–Trinajstić information content (AvgIpc) is 2.98. The fourth-order valence-corrected chi connectivity index (χ4v) is 3.55. The van der Waals surface area contributed by atoms with Gasteiger partial charge in [-0.2, -0.15) is 0 Å². The van der Waals surface area contributed by atoms with E-state index in [2.05, 4.69) is 0 Å². The molecule has 1 atom stereocenters. The van der Waals surface area contributed by atoms with Gasteiger partial charge in [0.25, 0.3) is 11.7 Å². The molecule has 1 fully saturated rings. The third kappa shape index (κ3) is 4.32. The van der Waals surface area contributed by atoms with Gasteiger partial charge in [-0.1, -0.05) is 30.3 Å². The molecule has 1 heterocycles. The quantitative estimate of drug-likeness (QED) is 0.444. The van der Waals surface area contributed by atoms with Crippen molar-refractivity contribution in [3.8, 4) is 5.75 Å². The summed E-state index contributed by atoms with van der Waals surface area (Å²) < 4.78 is 5.15. The van der Waals surface area contributed by atoms with Crippen molar-refractivity contribution in [2.75, 3.05) is 34.3 Å². The van der Waals surface area contributed by atoms with Gasteiger partial charge in [0.1, 0.15) is 11.5 Å². The number of rotatable bonds is 7. The number of carbonyl (C=O) groups is 2. The molecule has 1 saturated heterocycles. The number of hydrogen-bond acceptors (Lipinski definition) is 5. The third-order valence-corrected chi connectivity index (χ3v) is 5.02. The Bertz CT molecular complexity index is 904. The van der Waals surface area contributed by atoms with Crippen molar-refractivity contribution in [3.05, 3.63) is 71.3 Å². The SMILES string of the molecule is COc1ccc(C(O)=C2C(=O)C(=O)N(CCCN(C)C)[C@H]2c2ccccc2)cc1. The van der Waals surface area contributed by atoms with Crippen LogP contribution >= 0.6 is 0 Å². The molecule has 0 saturated carbocycles. The van der Waals surface area contributed by atoms with Crippen LogP contribution in [0.2, 0.25) is 0 Å². The van der Waals surface area contributed by atoms with Crippen molar-refractivity contribution in [3.63, 3.8) is 0 Å². The number of aliphatic hydroxyl groups excluding tert-OH is 1. The molecule has 0 bridgehead atoms. The average molecular weight is 394 g/mol. The summed E-state index contributed by atoms with van der Waals surface area (Å²) in [4.78, 5) is 29.3. The molecule has 6 nitrogen and oxygen atoms in total. The lowest BCUT2D eigenvalue weighted by Gasteiger charge is -2.26. The van der Waals surface area contributed by atoms with Gasteiger partial charge >= 0.3 is 0 Å². The Kier molecular flexibility index (Phi) is 6.34. The van der Waals surface area contributed by atoms with Gasteiger partial charge in [0.05, 0.1) is 18.7 Å². The van der Waals surface area contributed by atoms with Crippen LogP contribution in [0.1, 0.15) is 23.6 Å². The van der Waals surface area contributed by atoms with Crippen LogP contribution in [0.15, 0.2) is 60.2 Å². The molecule has 3 rings (SSSR count). The first-order valence-corrected chi connectivity index (χ1v) is 9.56. The summed E-state index contributed by atoms with van der Waals surface area (Å²) in [5.41, 5.74) is 1.39. The summed E-state index contributed by atoms with van der Waals surface area (Å²) in [5.74, 6) is -0.759. The summed E-state index contributed by atoms with van der Waals surface area (Å²) in [6.07, 6.45) is 0.728. The number of ether oxygens (including phenoxy) is 1. The van der Waals surface area contributed by atoms with Gasteiger partial charge < -0.3 is 19.6 Å². The third-order valence-electron chi connectivity index (χ3n) is 5.02. The van der Waals surface area contributed by atoms with Crippen molar-refractivity contribution in [1.29, 1.82) is 0 Å². The predicted molar refractivity (Wildman–Crippen MR) is 112 cm³/mol. The van der Waals surface area contributed by atoms with Crippen LogP contribution in [0.4, 0.5) is 0 Å². The molecule has 2 aromatic carbocycles. The van der Waals surface area contributed by atoms with Gasteiger partial charge in [0.15, 0.2) is 0 Å². The van der Waals surface area contributed by atoms with E-state index >= 15 is 0 Å². The summed E-state index contributed by atoms with van der Waals surface area (Å²) in [7, 11) is 5.49. The van der Waals surface area contributed by atoms with Crippen LogP contribution in [0.5, 0.6) is 5.75 Å². The van der Waals surface area contributed by atoms with E-state index < -0.39 is 17.7 Å². The zero-order chi connectivity index (χ0) is 21.0. The van der Waals surface area contributed by atoms with E-state index in [1.54, 1.807) is 36.3 Å². The summed E-state index contributed by atoms with van der Waals surface area (Å²) in [5, 5.41) is 11.0. The van der Waals surface area contributed by atoms with Crippen LogP contribution in [0.25, 0.3) is 5.76 Å². The van der Waals surface area contributed by atoms with Gasteiger partial charge in [-0.15, -0.1) is 0 Å². The van der Waals surface area contributed by atoms with E-state index in [1.165, 1.54) is 0 Å². The second kappa shape index (κ2) is 8.92. The molecule has 152 valence electrons. The van der Waals surface area contributed by atoms with E-state index in [4.69, 9.17) is 4.74 Å². The number of benzene rings is 2. The number of hydrogen-bond donors (Lipinski definition) is 1. The van der Waals surface area contributed by atoms with Gasteiger partial charge in [0, 0.05) is 12.1 Å². The minimum atomic E-state index is -0.656. The molecule has 1 N–H and O–H groups in total. The Labute approximate surface area is 171 Å². The molecule has 1 aliphatic heterocycles. The summed E-state index contributed by atoms with van der Waals surface area (Å²) >= 11 is 0. The lowest BCUT2D eigenvalue weighted by atomic mass is 9.95. The normalized spacial score (nSPS) is 18.5.